The lowest BCUT2D eigenvalue weighted by atomic mass is 10.0. The summed E-state index contributed by atoms with van der Waals surface area (Å²) in [7, 11) is -2.33. The molecule has 3 aliphatic rings. The largest absolute Gasteiger partial charge is 0.619 e. The highest BCUT2D eigenvalue weighted by atomic mass is 35.5. The molecule has 2 atom stereocenters. The predicted octanol–water partition coefficient (Wildman–Crippen LogP) is 5.00. The Bertz CT molecular complexity index is 1890. The Morgan fingerprint density at radius 3 is 2.40 bits per heavy atom. The molecule has 1 aliphatic carbocycles. The average Bonchev–Trinajstić information content (AvgIpc) is 3.80. The van der Waals surface area contributed by atoms with E-state index in [1.54, 1.807) is 11.0 Å². The first-order valence-corrected chi connectivity index (χ1v) is 19.7. The molecule has 6 rings (SSSR count). The second kappa shape index (κ2) is 16.3. The highest BCUT2D eigenvalue weighted by molar-refractivity contribution is 8.02. The van der Waals surface area contributed by atoms with Crippen LogP contribution >= 0.6 is 35.0 Å². The van der Waals surface area contributed by atoms with E-state index < -0.39 is 34.1 Å². The van der Waals surface area contributed by atoms with Crippen molar-refractivity contribution in [2.45, 2.75) is 42.2 Å². The normalized spacial score (nSPS) is 19.1. The molecule has 52 heavy (non-hydrogen) atoms. The number of amides is 1. The van der Waals surface area contributed by atoms with E-state index in [4.69, 9.17) is 32.7 Å². The highest BCUT2D eigenvalue weighted by Gasteiger charge is 2.42. The number of hydrogen-bond acceptors (Lipinski definition) is 10. The van der Waals surface area contributed by atoms with Gasteiger partial charge in [0.25, 0.3) is 5.91 Å². The van der Waals surface area contributed by atoms with Gasteiger partial charge in [-0.25, -0.2) is 13.2 Å². The number of sulfonamides is 1. The van der Waals surface area contributed by atoms with Crippen LogP contribution in [0.4, 0.5) is 8.78 Å². The first kappa shape index (κ1) is 38.3. The van der Waals surface area contributed by atoms with E-state index in [2.05, 4.69) is 9.64 Å². The van der Waals surface area contributed by atoms with Crippen LogP contribution in [0.25, 0.3) is 0 Å². The van der Waals surface area contributed by atoms with E-state index in [0.29, 0.717) is 36.5 Å². The van der Waals surface area contributed by atoms with E-state index >= 15 is 0 Å². The Morgan fingerprint density at radius 1 is 1.02 bits per heavy atom. The maximum Gasteiger partial charge on any atom is 0.387 e. The van der Waals surface area contributed by atoms with Crippen LogP contribution in [-0.4, -0.2) is 98.5 Å². The number of benzene rings is 2. The lowest BCUT2D eigenvalue weighted by molar-refractivity contribution is -0.605. The summed E-state index contributed by atoms with van der Waals surface area (Å²) in [6.07, 6.45) is 2.67. The molecule has 2 unspecified atom stereocenters. The van der Waals surface area contributed by atoms with Crippen LogP contribution in [0.15, 0.2) is 59.8 Å². The van der Waals surface area contributed by atoms with E-state index in [9.17, 15) is 32.0 Å². The lowest BCUT2D eigenvalue weighted by Gasteiger charge is -2.32. The predicted molar refractivity (Wildman–Crippen MR) is 189 cm³/mol. The molecule has 1 amide bonds. The van der Waals surface area contributed by atoms with Gasteiger partial charge in [-0.05, 0) is 61.7 Å². The minimum absolute atomic E-state index is 0.00106. The molecule has 2 saturated heterocycles. The van der Waals surface area contributed by atoms with E-state index in [1.165, 1.54) is 36.4 Å². The van der Waals surface area contributed by atoms with Crippen molar-refractivity contribution in [3.05, 3.63) is 86.8 Å². The van der Waals surface area contributed by atoms with Gasteiger partial charge < -0.3 is 29.2 Å². The monoisotopic (exact) mass is 800 g/mol. The van der Waals surface area contributed by atoms with Crippen LogP contribution in [0, 0.1) is 11.1 Å². The first-order valence-electron chi connectivity index (χ1n) is 16.5. The minimum Gasteiger partial charge on any atom is -0.619 e. The number of carbonyl (C=O) groups is 2. The molecule has 0 radical (unpaired) electrons. The number of aromatic nitrogens is 1. The molecule has 18 heteroatoms. The summed E-state index contributed by atoms with van der Waals surface area (Å²) in [4.78, 5) is 30.9. The van der Waals surface area contributed by atoms with Gasteiger partial charge in [0.05, 0.1) is 11.5 Å². The first-order chi connectivity index (χ1) is 24.8. The van der Waals surface area contributed by atoms with Gasteiger partial charge in [-0.3, -0.25) is 4.79 Å². The summed E-state index contributed by atoms with van der Waals surface area (Å²) < 4.78 is 72.5. The molecule has 1 aromatic heterocycles. The van der Waals surface area contributed by atoms with E-state index in [1.807, 2.05) is 7.05 Å². The van der Waals surface area contributed by atoms with Gasteiger partial charge >= 0.3 is 12.6 Å². The molecule has 3 aromatic rings. The zero-order valence-electron chi connectivity index (χ0n) is 28.0. The summed E-state index contributed by atoms with van der Waals surface area (Å²) >= 11 is 13.8. The molecular formula is C34H36Cl2F2N4O8S2. The fourth-order valence-corrected chi connectivity index (χ4v) is 9.56. The third kappa shape index (κ3) is 9.02. The molecule has 0 bridgehead atoms. The zero-order valence-corrected chi connectivity index (χ0v) is 31.1. The van der Waals surface area contributed by atoms with Crippen LogP contribution in [0.1, 0.15) is 40.4 Å². The number of halogens is 4. The molecular weight excluding hydrogens is 765 g/mol. The number of nitrogens with zero attached hydrogens (tertiary/aromatic N) is 4. The lowest BCUT2D eigenvalue weighted by Crippen LogP contribution is -2.47. The van der Waals surface area contributed by atoms with E-state index in [0.717, 1.165) is 41.3 Å². The second-order valence-electron chi connectivity index (χ2n) is 12.7. The molecule has 2 aliphatic heterocycles. The Balaban J connectivity index is 1.27. The van der Waals surface area contributed by atoms with Crippen molar-refractivity contribution in [2.75, 3.05) is 52.1 Å². The number of thioether (sulfide) groups is 1. The number of pyridine rings is 1. The molecule has 1 saturated carbocycles. The van der Waals surface area contributed by atoms with E-state index in [-0.39, 0.29) is 74.7 Å². The topological polar surface area (TPSA) is 133 Å². The van der Waals surface area contributed by atoms with Crippen molar-refractivity contribution in [3.63, 3.8) is 0 Å². The molecule has 3 heterocycles. The number of ether oxygens (including phenoxy) is 3. The SMILES string of the molecule is CN1CCN(C(=O)c2cccc(S(=O)(=O)N3CCSC3C(=O)OC(Cc3c(Cl)c[n+]([O-])cc3Cl)c3ccc(OC(F)F)c(OCC4CC4)c3)c2)CC1. The molecule has 0 spiro atoms. The molecule has 0 N–H and O–H groups in total. The van der Waals surface area contributed by atoms with Gasteiger partial charge in [-0.1, -0.05) is 35.3 Å². The van der Waals surface area contributed by atoms with Gasteiger partial charge in [-0.15, -0.1) is 11.8 Å². The second-order valence-corrected chi connectivity index (χ2v) is 16.6. The van der Waals surface area contributed by atoms with Crippen molar-refractivity contribution in [1.29, 1.82) is 0 Å². The number of likely N-dealkylation sites (N-methyl/N-ethyl adjacent to an activating group) is 1. The molecule has 2 aromatic carbocycles. The average molecular weight is 802 g/mol. The summed E-state index contributed by atoms with van der Waals surface area (Å²) in [6.45, 7) is -0.450. The Kier molecular flexibility index (Phi) is 12.0. The number of rotatable bonds is 13. The summed E-state index contributed by atoms with van der Waals surface area (Å²) in [6, 6.07) is 9.83. The fraction of sp³-hybridized carbons (Fsp3) is 0.441. The van der Waals surface area contributed by atoms with Crippen LogP contribution in [0.5, 0.6) is 11.5 Å². The van der Waals surface area contributed by atoms with Gasteiger partial charge in [-0.2, -0.15) is 17.8 Å². The standard InChI is InChI=1S/C34H36Cl2F2N4O8S2/c1-39-9-11-40(12-10-39)31(43)23-3-2-4-24(15-23)52(46,47)42-13-14-51-32(42)33(44)49-29(17-25-26(35)18-41(45)19-27(25)36)22-7-8-28(50-34(37)38)30(16-22)48-20-21-5-6-21/h2-4,7-8,15-16,18-19,21,29,32,34H,5-6,9-14,17,20H2,1H3. The highest BCUT2D eigenvalue weighted by Crippen LogP contribution is 2.39. The van der Waals surface area contributed by atoms with Crippen LogP contribution in [0.3, 0.4) is 0 Å². The minimum atomic E-state index is -4.29. The Labute approximate surface area is 314 Å². The number of carbonyl (C=O) groups excluding carboxylic acids is 2. The van der Waals surface area contributed by atoms with Crippen molar-refractivity contribution < 1.29 is 45.7 Å². The Morgan fingerprint density at radius 2 is 1.73 bits per heavy atom. The summed E-state index contributed by atoms with van der Waals surface area (Å²) in [5, 5.41) is 10.6. The van der Waals surface area contributed by atoms with Gasteiger partial charge in [0, 0.05) is 56.0 Å². The smallest absolute Gasteiger partial charge is 0.387 e. The number of alkyl halides is 2. The number of esters is 1. The van der Waals surface area contributed by atoms with Gasteiger partial charge in [0.1, 0.15) is 16.1 Å². The van der Waals surface area contributed by atoms with Crippen LogP contribution < -0.4 is 14.2 Å². The van der Waals surface area contributed by atoms with Gasteiger partial charge in [0.15, 0.2) is 29.3 Å². The summed E-state index contributed by atoms with van der Waals surface area (Å²) in [5.41, 5.74) is 0.762. The third-order valence-corrected chi connectivity index (χ3v) is 12.8. The zero-order chi connectivity index (χ0) is 37.2. The fourth-order valence-electron chi connectivity index (χ4n) is 5.86. The van der Waals surface area contributed by atoms with Crippen molar-refractivity contribution in [1.82, 2.24) is 14.1 Å². The summed E-state index contributed by atoms with van der Waals surface area (Å²) in [5.74, 6) is -0.858. The molecule has 280 valence electrons. The molecule has 12 nitrogen and oxygen atoms in total. The van der Waals surface area contributed by atoms with Crippen molar-refractivity contribution in [2.24, 2.45) is 5.92 Å². The number of hydrogen-bond donors (Lipinski definition) is 0. The third-order valence-electron chi connectivity index (χ3n) is 8.96. The maximum absolute atomic E-state index is 14.0. The van der Waals surface area contributed by atoms with Gasteiger partial charge in [0.2, 0.25) is 10.0 Å². The Hall–Kier alpha value is -3.41. The van der Waals surface area contributed by atoms with Crippen LogP contribution in [-0.2, 0) is 26.0 Å². The number of piperazine rings is 1. The van der Waals surface area contributed by atoms with Crippen molar-refractivity contribution >= 4 is 56.9 Å². The maximum atomic E-state index is 14.0. The quantitative estimate of drug-likeness (QED) is 0.132. The van der Waals surface area contributed by atoms with Crippen molar-refractivity contribution in [3.8, 4) is 11.5 Å². The molecule has 3 fully saturated rings. The van der Waals surface area contributed by atoms with Crippen LogP contribution in [0.2, 0.25) is 10.0 Å².